The first-order valence-electron chi connectivity index (χ1n) is 10.5. The summed E-state index contributed by atoms with van der Waals surface area (Å²) in [5, 5.41) is 2.86. The van der Waals surface area contributed by atoms with Crippen LogP contribution in [0.3, 0.4) is 0 Å². The van der Waals surface area contributed by atoms with Crippen LogP contribution in [-0.4, -0.2) is 68.5 Å². The summed E-state index contributed by atoms with van der Waals surface area (Å²) in [5.41, 5.74) is 0.601. The molecule has 1 amide bonds. The van der Waals surface area contributed by atoms with Crippen LogP contribution in [0, 0.1) is 0 Å². The van der Waals surface area contributed by atoms with Gasteiger partial charge in [0.2, 0.25) is 15.9 Å². The van der Waals surface area contributed by atoms with Crippen LogP contribution in [0.5, 0.6) is 0 Å². The molecule has 8 heteroatoms. The lowest BCUT2D eigenvalue weighted by Gasteiger charge is -2.34. The van der Waals surface area contributed by atoms with Crippen molar-refractivity contribution in [1.29, 1.82) is 0 Å². The van der Waals surface area contributed by atoms with E-state index in [9.17, 15) is 13.2 Å². The maximum absolute atomic E-state index is 12.9. The lowest BCUT2D eigenvalue weighted by molar-refractivity contribution is -0.121. The number of ether oxygens (including phenoxy) is 1. The van der Waals surface area contributed by atoms with Crippen LogP contribution in [0.2, 0.25) is 0 Å². The van der Waals surface area contributed by atoms with Gasteiger partial charge in [-0.25, -0.2) is 8.42 Å². The number of carbonyl (C=O) groups excluding carboxylic acids is 1. The molecule has 7 nitrogen and oxygen atoms in total. The van der Waals surface area contributed by atoms with Crippen molar-refractivity contribution < 1.29 is 17.9 Å². The third-order valence-corrected chi connectivity index (χ3v) is 7.69. The third-order valence-electron chi connectivity index (χ3n) is 5.77. The van der Waals surface area contributed by atoms with Crippen LogP contribution in [0.25, 0.3) is 0 Å². The Kier molecular flexibility index (Phi) is 7.32. The molecule has 1 saturated heterocycles. The minimum absolute atomic E-state index is 0.0754. The van der Waals surface area contributed by atoms with Gasteiger partial charge in [-0.15, -0.1) is 0 Å². The lowest BCUT2D eigenvalue weighted by atomic mass is 9.96. The van der Waals surface area contributed by atoms with E-state index in [4.69, 9.17) is 4.74 Å². The number of morpholine rings is 1. The Labute approximate surface area is 174 Å². The van der Waals surface area contributed by atoms with Gasteiger partial charge in [0.1, 0.15) is 0 Å². The molecule has 0 radical (unpaired) electrons. The maximum atomic E-state index is 12.9. The summed E-state index contributed by atoms with van der Waals surface area (Å²) in [6, 6.07) is 6.53. The number of carbonyl (C=O) groups is 1. The summed E-state index contributed by atoms with van der Waals surface area (Å²) < 4.78 is 33.0. The van der Waals surface area contributed by atoms with Gasteiger partial charge in [-0.3, -0.25) is 9.69 Å². The molecule has 2 atom stereocenters. The third kappa shape index (κ3) is 5.78. The van der Waals surface area contributed by atoms with E-state index < -0.39 is 10.0 Å². The molecule has 2 aliphatic rings. The highest BCUT2D eigenvalue weighted by Crippen LogP contribution is 2.27. The van der Waals surface area contributed by atoms with Gasteiger partial charge in [-0.2, -0.15) is 4.31 Å². The number of nitrogens with zero attached hydrogens (tertiary/aromatic N) is 2. The number of hydrogen-bond donors (Lipinski definition) is 1. The Bertz CT molecular complexity index is 781. The standard InChI is InChI=1S/C21H33N3O4S/c1-16-13-24(14-17(2)28-16)15-21(25)22-18-9-11-20(12-10-18)29(26,27)23(3)19-7-5-4-6-8-19/h9-12,16-17,19H,4-8,13-15H2,1-3H3,(H,22,25)/t16-,17-/m1/s1. The lowest BCUT2D eigenvalue weighted by Crippen LogP contribution is -2.48. The zero-order valence-electron chi connectivity index (χ0n) is 17.6. The Balaban J connectivity index is 1.58. The number of anilines is 1. The molecule has 1 N–H and O–H groups in total. The first kappa shape index (κ1) is 22.2. The van der Waals surface area contributed by atoms with E-state index in [1.807, 2.05) is 13.8 Å². The van der Waals surface area contributed by atoms with E-state index in [-0.39, 0.29) is 29.1 Å². The number of nitrogens with one attached hydrogen (secondary N) is 1. The van der Waals surface area contributed by atoms with E-state index in [1.54, 1.807) is 31.3 Å². The Morgan fingerprint density at radius 2 is 1.69 bits per heavy atom. The topological polar surface area (TPSA) is 79.0 Å². The van der Waals surface area contributed by atoms with Crippen LogP contribution in [-0.2, 0) is 19.6 Å². The van der Waals surface area contributed by atoms with Crippen LogP contribution < -0.4 is 5.32 Å². The van der Waals surface area contributed by atoms with E-state index in [0.29, 0.717) is 12.2 Å². The van der Waals surface area contributed by atoms with Gasteiger partial charge in [0.05, 0.1) is 23.6 Å². The van der Waals surface area contributed by atoms with Crippen LogP contribution in [0.4, 0.5) is 5.69 Å². The largest absolute Gasteiger partial charge is 0.373 e. The zero-order chi connectivity index (χ0) is 21.0. The highest BCUT2D eigenvalue weighted by Gasteiger charge is 2.29. The minimum atomic E-state index is -3.52. The molecule has 1 aromatic rings. The van der Waals surface area contributed by atoms with E-state index in [1.165, 1.54) is 10.7 Å². The fourth-order valence-electron chi connectivity index (χ4n) is 4.33. The highest BCUT2D eigenvalue weighted by atomic mass is 32.2. The van der Waals surface area contributed by atoms with Gasteiger partial charge in [-0.1, -0.05) is 19.3 Å². The van der Waals surface area contributed by atoms with Crippen molar-refractivity contribution in [3.05, 3.63) is 24.3 Å². The molecule has 1 aliphatic heterocycles. The molecule has 2 fully saturated rings. The SMILES string of the molecule is C[C@@H]1CN(CC(=O)Nc2ccc(S(=O)(=O)N(C)C3CCCCC3)cc2)C[C@@H](C)O1. The highest BCUT2D eigenvalue weighted by molar-refractivity contribution is 7.89. The average molecular weight is 424 g/mol. The smallest absolute Gasteiger partial charge is 0.243 e. The summed E-state index contributed by atoms with van der Waals surface area (Å²) in [7, 11) is -1.85. The molecule has 0 bridgehead atoms. The molecule has 0 unspecified atom stereocenters. The second kappa shape index (κ2) is 9.55. The molecule has 29 heavy (non-hydrogen) atoms. The normalized spacial score (nSPS) is 24.6. The van der Waals surface area contributed by atoms with Gasteiger partial charge < -0.3 is 10.1 Å². The number of sulfonamides is 1. The second-order valence-electron chi connectivity index (χ2n) is 8.34. The molecule has 0 aromatic heterocycles. The quantitative estimate of drug-likeness (QED) is 0.761. The summed E-state index contributed by atoms with van der Waals surface area (Å²) in [4.78, 5) is 14.7. The van der Waals surface area contributed by atoms with Crippen molar-refractivity contribution in [2.45, 2.75) is 69.1 Å². The van der Waals surface area contributed by atoms with Gasteiger partial charge in [0, 0.05) is 31.9 Å². The Morgan fingerprint density at radius 3 is 2.28 bits per heavy atom. The van der Waals surface area contributed by atoms with Gasteiger partial charge >= 0.3 is 0 Å². The second-order valence-corrected chi connectivity index (χ2v) is 10.3. The molecule has 1 saturated carbocycles. The molecule has 1 aliphatic carbocycles. The first-order chi connectivity index (χ1) is 13.8. The van der Waals surface area contributed by atoms with Gasteiger partial charge in [0.25, 0.3) is 0 Å². The summed E-state index contributed by atoms with van der Waals surface area (Å²) in [5.74, 6) is -0.110. The van der Waals surface area contributed by atoms with E-state index >= 15 is 0 Å². The van der Waals surface area contributed by atoms with E-state index in [2.05, 4.69) is 10.2 Å². The minimum Gasteiger partial charge on any atom is -0.373 e. The molecule has 1 aromatic carbocycles. The summed E-state index contributed by atoms with van der Waals surface area (Å²) in [6.07, 6.45) is 5.40. The summed E-state index contributed by atoms with van der Waals surface area (Å²) >= 11 is 0. The summed E-state index contributed by atoms with van der Waals surface area (Å²) in [6.45, 7) is 5.75. The molecule has 0 spiro atoms. The van der Waals surface area contributed by atoms with Crippen molar-refractivity contribution in [3.8, 4) is 0 Å². The average Bonchev–Trinajstić information content (AvgIpc) is 2.67. The Morgan fingerprint density at radius 1 is 1.10 bits per heavy atom. The number of amides is 1. The van der Waals surface area contributed by atoms with Gasteiger partial charge in [0.15, 0.2) is 0 Å². The monoisotopic (exact) mass is 423 g/mol. The van der Waals surface area contributed by atoms with Crippen molar-refractivity contribution >= 4 is 21.6 Å². The molecular weight excluding hydrogens is 390 g/mol. The zero-order valence-corrected chi connectivity index (χ0v) is 18.5. The van der Waals surface area contributed by atoms with Crippen LogP contribution in [0.15, 0.2) is 29.2 Å². The number of rotatable bonds is 6. The first-order valence-corrected chi connectivity index (χ1v) is 12.0. The van der Waals surface area contributed by atoms with Crippen LogP contribution in [0.1, 0.15) is 46.0 Å². The maximum Gasteiger partial charge on any atom is 0.243 e. The Hall–Kier alpha value is -1.48. The van der Waals surface area contributed by atoms with E-state index in [0.717, 1.165) is 38.8 Å². The molecule has 162 valence electrons. The fraction of sp³-hybridized carbons (Fsp3) is 0.667. The van der Waals surface area contributed by atoms with Crippen molar-refractivity contribution in [1.82, 2.24) is 9.21 Å². The predicted octanol–water partition coefficient (Wildman–Crippen LogP) is 2.69. The van der Waals surface area contributed by atoms with Gasteiger partial charge in [-0.05, 0) is 51.0 Å². The molecule has 3 rings (SSSR count). The van der Waals surface area contributed by atoms with Crippen molar-refractivity contribution in [2.75, 3.05) is 32.0 Å². The molecule has 1 heterocycles. The fourth-order valence-corrected chi connectivity index (χ4v) is 5.75. The number of benzene rings is 1. The number of hydrogen-bond acceptors (Lipinski definition) is 5. The predicted molar refractivity (Wildman–Crippen MR) is 113 cm³/mol. The van der Waals surface area contributed by atoms with Crippen molar-refractivity contribution in [2.24, 2.45) is 0 Å². The molecular formula is C21H33N3O4S. The van der Waals surface area contributed by atoms with Crippen molar-refractivity contribution in [3.63, 3.8) is 0 Å². The van der Waals surface area contributed by atoms with Crippen LogP contribution >= 0.6 is 0 Å².